The molecule has 1 aliphatic heterocycles. The lowest BCUT2D eigenvalue weighted by Gasteiger charge is -2.54. The van der Waals surface area contributed by atoms with Gasteiger partial charge in [0.05, 0.1) is 5.41 Å². The summed E-state index contributed by atoms with van der Waals surface area (Å²) in [5, 5.41) is 0. The van der Waals surface area contributed by atoms with Crippen LogP contribution in [0.25, 0.3) is 0 Å². The zero-order valence-corrected chi connectivity index (χ0v) is 15.1. The summed E-state index contributed by atoms with van der Waals surface area (Å²) in [6.07, 6.45) is 4.71. The van der Waals surface area contributed by atoms with Crippen LogP contribution in [0.5, 0.6) is 0 Å². The second-order valence-corrected chi connectivity index (χ2v) is 8.32. The van der Waals surface area contributed by atoms with Gasteiger partial charge in [0.2, 0.25) is 5.91 Å². The van der Waals surface area contributed by atoms with Crippen LogP contribution < -0.4 is 0 Å². The van der Waals surface area contributed by atoms with Gasteiger partial charge in [0.1, 0.15) is 0 Å². The SMILES string of the molecule is CCC(C)(C)[C@]1(C(C)(C)C)C(=O)N(C)C[C@@H]1c1cccnc1. The number of carbonyl (C=O) groups is 1. The molecule has 3 heteroatoms. The van der Waals surface area contributed by atoms with E-state index in [2.05, 4.69) is 52.6 Å². The molecule has 22 heavy (non-hydrogen) atoms. The summed E-state index contributed by atoms with van der Waals surface area (Å²) in [7, 11) is 1.94. The highest BCUT2D eigenvalue weighted by molar-refractivity contribution is 5.88. The third-order valence-electron chi connectivity index (χ3n) is 5.88. The van der Waals surface area contributed by atoms with Gasteiger partial charge < -0.3 is 4.90 Å². The van der Waals surface area contributed by atoms with Crippen LogP contribution in [0.15, 0.2) is 24.5 Å². The van der Waals surface area contributed by atoms with Gasteiger partial charge >= 0.3 is 0 Å². The Labute approximate surface area is 135 Å². The molecule has 0 unspecified atom stereocenters. The molecule has 2 rings (SSSR count). The summed E-state index contributed by atoms with van der Waals surface area (Å²) < 4.78 is 0. The van der Waals surface area contributed by atoms with Crippen molar-refractivity contribution in [2.45, 2.75) is 53.9 Å². The van der Waals surface area contributed by atoms with Crippen LogP contribution in [0.1, 0.15) is 59.4 Å². The maximum Gasteiger partial charge on any atom is 0.230 e. The molecule has 0 saturated carbocycles. The molecule has 2 heterocycles. The highest BCUT2D eigenvalue weighted by atomic mass is 16.2. The molecular formula is C19H30N2O. The van der Waals surface area contributed by atoms with Gasteiger partial charge in [-0.05, 0) is 28.9 Å². The van der Waals surface area contributed by atoms with Gasteiger partial charge in [-0.2, -0.15) is 0 Å². The second kappa shape index (κ2) is 5.36. The van der Waals surface area contributed by atoms with Crippen LogP contribution in [-0.4, -0.2) is 29.4 Å². The Morgan fingerprint density at radius 1 is 1.32 bits per heavy atom. The highest BCUT2D eigenvalue weighted by Crippen LogP contribution is 2.64. The predicted octanol–water partition coefficient (Wildman–Crippen LogP) is 4.11. The summed E-state index contributed by atoms with van der Waals surface area (Å²) in [5.41, 5.74) is 0.534. The molecule has 0 aliphatic carbocycles. The van der Waals surface area contributed by atoms with E-state index < -0.39 is 5.41 Å². The Balaban J connectivity index is 2.74. The number of rotatable bonds is 3. The Kier molecular flexibility index (Phi) is 4.14. The normalized spacial score (nSPS) is 26.6. The molecule has 0 spiro atoms. The number of amides is 1. The first kappa shape index (κ1) is 17.0. The number of carbonyl (C=O) groups excluding carboxylic acids is 1. The lowest BCUT2D eigenvalue weighted by Crippen LogP contribution is -2.55. The van der Waals surface area contributed by atoms with Gasteiger partial charge in [0, 0.05) is 31.9 Å². The van der Waals surface area contributed by atoms with Crippen molar-refractivity contribution in [2.24, 2.45) is 16.2 Å². The van der Waals surface area contributed by atoms with E-state index in [4.69, 9.17) is 0 Å². The summed E-state index contributed by atoms with van der Waals surface area (Å²) in [6, 6.07) is 4.10. The zero-order valence-electron chi connectivity index (χ0n) is 15.1. The maximum absolute atomic E-state index is 13.4. The fraction of sp³-hybridized carbons (Fsp3) is 0.684. The molecule has 0 bridgehead atoms. The Morgan fingerprint density at radius 3 is 2.41 bits per heavy atom. The van der Waals surface area contributed by atoms with Gasteiger partial charge in [-0.25, -0.2) is 0 Å². The minimum Gasteiger partial charge on any atom is -0.345 e. The molecule has 1 aromatic rings. The number of likely N-dealkylation sites (N-methyl/N-ethyl adjacent to an activating group) is 1. The molecule has 2 atom stereocenters. The summed E-state index contributed by atoms with van der Waals surface area (Å²) in [5.74, 6) is 0.453. The third-order valence-corrected chi connectivity index (χ3v) is 5.88. The topological polar surface area (TPSA) is 33.2 Å². The molecule has 122 valence electrons. The fourth-order valence-electron chi connectivity index (χ4n) is 4.78. The van der Waals surface area contributed by atoms with E-state index in [0.717, 1.165) is 13.0 Å². The number of aromatic nitrogens is 1. The van der Waals surface area contributed by atoms with Gasteiger partial charge in [-0.3, -0.25) is 9.78 Å². The molecule has 1 aliphatic rings. The van der Waals surface area contributed by atoms with Crippen LogP contribution in [0.4, 0.5) is 0 Å². The van der Waals surface area contributed by atoms with Crippen molar-refractivity contribution in [3.63, 3.8) is 0 Å². The Bertz CT molecular complexity index is 544. The van der Waals surface area contributed by atoms with Gasteiger partial charge in [0.25, 0.3) is 0 Å². The molecule has 1 saturated heterocycles. The van der Waals surface area contributed by atoms with Crippen molar-refractivity contribution in [2.75, 3.05) is 13.6 Å². The van der Waals surface area contributed by atoms with Crippen molar-refractivity contribution < 1.29 is 4.79 Å². The van der Waals surface area contributed by atoms with Crippen molar-refractivity contribution in [1.29, 1.82) is 0 Å². The van der Waals surface area contributed by atoms with E-state index >= 15 is 0 Å². The van der Waals surface area contributed by atoms with E-state index in [0.29, 0.717) is 0 Å². The maximum atomic E-state index is 13.4. The summed E-state index contributed by atoms with van der Waals surface area (Å²) in [6.45, 7) is 14.1. The number of hydrogen-bond acceptors (Lipinski definition) is 2. The Morgan fingerprint density at radius 2 is 1.95 bits per heavy atom. The molecule has 1 fully saturated rings. The molecule has 0 N–H and O–H groups in total. The predicted molar refractivity (Wildman–Crippen MR) is 90.6 cm³/mol. The Hall–Kier alpha value is -1.38. The van der Waals surface area contributed by atoms with Crippen molar-refractivity contribution >= 4 is 5.91 Å². The lowest BCUT2D eigenvalue weighted by atomic mass is 9.47. The van der Waals surface area contributed by atoms with E-state index in [1.165, 1.54) is 5.56 Å². The second-order valence-electron chi connectivity index (χ2n) is 8.32. The van der Waals surface area contributed by atoms with Crippen LogP contribution in [0, 0.1) is 16.2 Å². The minimum absolute atomic E-state index is 0.0897. The fourth-order valence-corrected chi connectivity index (χ4v) is 4.78. The van der Waals surface area contributed by atoms with Gasteiger partial charge in [-0.1, -0.05) is 47.6 Å². The summed E-state index contributed by atoms with van der Waals surface area (Å²) in [4.78, 5) is 19.6. The monoisotopic (exact) mass is 302 g/mol. The molecule has 0 radical (unpaired) electrons. The van der Waals surface area contributed by atoms with Crippen molar-refractivity contribution in [3.05, 3.63) is 30.1 Å². The molecule has 0 aromatic carbocycles. The minimum atomic E-state index is -0.424. The van der Waals surface area contributed by atoms with Gasteiger partial charge in [0.15, 0.2) is 0 Å². The third kappa shape index (κ3) is 2.17. The number of hydrogen-bond donors (Lipinski definition) is 0. The first-order valence-corrected chi connectivity index (χ1v) is 8.25. The van der Waals surface area contributed by atoms with E-state index in [9.17, 15) is 4.79 Å². The quantitative estimate of drug-likeness (QED) is 0.842. The number of pyridine rings is 1. The van der Waals surface area contributed by atoms with Crippen LogP contribution >= 0.6 is 0 Å². The molecule has 1 aromatic heterocycles. The number of nitrogens with zero attached hydrogens (tertiary/aromatic N) is 2. The van der Waals surface area contributed by atoms with Crippen LogP contribution in [0.2, 0.25) is 0 Å². The van der Waals surface area contributed by atoms with Crippen molar-refractivity contribution in [3.8, 4) is 0 Å². The van der Waals surface area contributed by atoms with Crippen LogP contribution in [-0.2, 0) is 4.79 Å². The average Bonchev–Trinajstić information content (AvgIpc) is 2.73. The smallest absolute Gasteiger partial charge is 0.230 e. The molecular weight excluding hydrogens is 272 g/mol. The average molecular weight is 302 g/mol. The van der Waals surface area contributed by atoms with E-state index in [-0.39, 0.29) is 22.7 Å². The van der Waals surface area contributed by atoms with Crippen molar-refractivity contribution in [1.82, 2.24) is 9.88 Å². The molecule has 1 amide bonds. The number of likely N-dealkylation sites (tertiary alicyclic amines) is 1. The first-order valence-electron chi connectivity index (χ1n) is 8.25. The van der Waals surface area contributed by atoms with E-state index in [1.54, 1.807) is 6.20 Å². The highest BCUT2D eigenvalue weighted by Gasteiger charge is 2.66. The first-order chi connectivity index (χ1) is 10.1. The largest absolute Gasteiger partial charge is 0.345 e. The standard InChI is InChI=1S/C19H30N2O/c1-8-18(5,6)19(17(2,3)4)15(13-21(7)16(19)22)14-10-9-11-20-12-14/h9-12,15H,8,13H2,1-7H3/t15-,19+/m1/s1. The lowest BCUT2D eigenvalue weighted by molar-refractivity contribution is -0.153. The molecule has 3 nitrogen and oxygen atoms in total. The van der Waals surface area contributed by atoms with Crippen LogP contribution in [0.3, 0.4) is 0 Å². The zero-order chi connectivity index (χ0) is 16.8. The van der Waals surface area contributed by atoms with Gasteiger partial charge in [-0.15, -0.1) is 0 Å². The summed E-state index contributed by atoms with van der Waals surface area (Å²) >= 11 is 0. The van der Waals surface area contributed by atoms with E-state index in [1.807, 2.05) is 24.2 Å².